The van der Waals surface area contributed by atoms with E-state index in [1.807, 2.05) is 23.6 Å². The zero-order valence-electron chi connectivity index (χ0n) is 10.9. The van der Waals surface area contributed by atoms with E-state index in [4.69, 9.17) is 0 Å². The smallest absolute Gasteiger partial charge is 0.272 e. The second-order valence-electron chi connectivity index (χ2n) is 4.30. The highest BCUT2D eigenvalue weighted by Gasteiger charge is 2.08. The van der Waals surface area contributed by atoms with E-state index in [1.165, 1.54) is 17.4 Å². The van der Waals surface area contributed by atoms with Crippen molar-refractivity contribution in [1.29, 1.82) is 0 Å². The Balaban J connectivity index is 1.84. The molecule has 0 aliphatic carbocycles. The third-order valence-electron chi connectivity index (χ3n) is 2.81. The molecule has 21 heavy (non-hydrogen) atoms. The standard InChI is InChI=1S/C15H11N3O2S/c19-13-6-2-5-12(18-13)14(20)17-11-4-1-3-10(9-11)15-16-7-8-21-15/h1-9H,(H,17,20)(H,18,19). The predicted octanol–water partition coefficient (Wildman–Crippen LogP) is 2.75. The number of H-pyrrole nitrogens is 1. The number of carbonyl (C=O) groups is 1. The summed E-state index contributed by atoms with van der Waals surface area (Å²) in [5.74, 6) is -0.357. The lowest BCUT2D eigenvalue weighted by atomic mass is 10.2. The summed E-state index contributed by atoms with van der Waals surface area (Å²) in [6.45, 7) is 0. The normalized spacial score (nSPS) is 10.3. The number of nitrogens with one attached hydrogen (secondary N) is 2. The van der Waals surface area contributed by atoms with Gasteiger partial charge in [-0.15, -0.1) is 11.3 Å². The van der Waals surface area contributed by atoms with Crippen LogP contribution in [0, 0.1) is 0 Å². The molecule has 5 nitrogen and oxygen atoms in total. The Kier molecular flexibility index (Phi) is 3.61. The fourth-order valence-electron chi connectivity index (χ4n) is 1.87. The maximum absolute atomic E-state index is 12.1. The maximum Gasteiger partial charge on any atom is 0.272 e. The molecule has 104 valence electrons. The molecule has 0 aliphatic heterocycles. The van der Waals surface area contributed by atoms with Gasteiger partial charge >= 0.3 is 0 Å². The number of thiazole rings is 1. The third kappa shape index (κ3) is 3.06. The summed E-state index contributed by atoms with van der Waals surface area (Å²) >= 11 is 1.53. The van der Waals surface area contributed by atoms with Crippen LogP contribution in [0.5, 0.6) is 0 Å². The summed E-state index contributed by atoms with van der Waals surface area (Å²) < 4.78 is 0. The number of nitrogens with zero attached hydrogens (tertiary/aromatic N) is 1. The molecule has 6 heteroatoms. The van der Waals surface area contributed by atoms with Gasteiger partial charge in [0.15, 0.2) is 0 Å². The molecule has 3 rings (SSSR count). The van der Waals surface area contributed by atoms with Crippen molar-refractivity contribution in [3.8, 4) is 10.6 Å². The van der Waals surface area contributed by atoms with Crippen LogP contribution in [-0.2, 0) is 0 Å². The Morgan fingerprint density at radius 3 is 2.81 bits per heavy atom. The molecule has 0 saturated carbocycles. The zero-order chi connectivity index (χ0) is 14.7. The Morgan fingerprint density at radius 2 is 2.05 bits per heavy atom. The van der Waals surface area contributed by atoms with E-state index in [0.29, 0.717) is 5.69 Å². The largest absolute Gasteiger partial charge is 0.321 e. The highest BCUT2D eigenvalue weighted by atomic mass is 32.1. The van der Waals surface area contributed by atoms with E-state index in [9.17, 15) is 9.59 Å². The quantitative estimate of drug-likeness (QED) is 0.780. The lowest BCUT2D eigenvalue weighted by Crippen LogP contribution is -2.17. The van der Waals surface area contributed by atoms with Gasteiger partial charge in [0.05, 0.1) is 0 Å². The highest BCUT2D eigenvalue weighted by molar-refractivity contribution is 7.13. The monoisotopic (exact) mass is 297 g/mol. The number of anilines is 1. The number of hydrogen-bond acceptors (Lipinski definition) is 4. The Hall–Kier alpha value is -2.73. The second-order valence-corrected chi connectivity index (χ2v) is 5.20. The average Bonchev–Trinajstić information content (AvgIpc) is 3.02. The van der Waals surface area contributed by atoms with Gasteiger partial charge in [-0.05, 0) is 18.2 Å². The fourth-order valence-corrected chi connectivity index (χ4v) is 2.51. The SMILES string of the molecule is O=C(Nc1cccc(-c2nccs2)c1)c1cccc(=O)[nH]1. The molecule has 2 heterocycles. The van der Waals surface area contributed by atoms with Gasteiger partial charge in [-0.25, -0.2) is 4.98 Å². The van der Waals surface area contributed by atoms with Crippen LogP contribution < -0.4 is 10.9 Å². The number of carbonyl (C=O) groups excluding carboxylic acids is 1. The van der Waals surface area contributed by atoms with Gasteiger partial charge in [-0.3, -0.25) is 9.59 Å². The molecule has 0 aliphatic rings. The Morgan fingerprint density at radius 1 is 1.19 bits per heavy atom. The van der Waals surface area contributed by atoms with E-state index < -0.39 is 0 Å². The molecule has 1 aromatic carbocycles. The Labute approximate surface area is 124 Å². The summed E-state index contributed by atoms with van der Waals surface area (Å²) in [5.41, 5.74) is 1.50. The van der Waals surface area contributed by atoms with Crippen molar-refractivity contribution in [2.45, 2.75) is 0 Å². The molecule has 2 N–H and O–H groups in total. The number of aromatic nitrogens is 2. The summed E-state index contributed by atoms with van der Waals surface area (Å²) in [5, 5.41) is 5.54. The van der Waals surface area contributed by atoms with E-state index in [2.05, 4.69) is 15.3 Å². The van der Waals surface area contributed by atoms with Gasteiger partial charge in [0, 0.05) is 28.9 Å². The zero-order valence-corrected chi connectivity index (χ0v) is 11.7. The van der Waals surface area contributed by atoms with E-state index in [0.717, 1.165) is 10.6 Å². The predicted molar refractivity (Wildman–Crippen MR) is 82.6 cm³/mol. The molecular weight excluding hydrogens is 286 g/mol. The molecule has 0 spiro atoms. The molecule has 0 saturated heterocycles. The fraction of sp³-hybridized carbons (Fsp3) is 0. The minimum atomic E-state index is -0.357. The average molecular weight is 297 g/mol. The third-order valence-corrected chi connectivity index (χ3v) is 3.63. The molecule has 3 aromatic rings. The number of rotatable bonds is 3. The van der Waals surface area contributed by atoms with Crippen molar-refractivity contribution in [3.63, 3.8) is 0 Å². The number of benzene rings is 1. The highest BCUT2D eigenvalue weighted by Crippen LogP contribution is 2.24. The molecule has 1 amide bonds. The van der Waals surface area contributed by atoms with Crippen molar-refractivity contribution < 1.29 is 4.79 Å². The molecule has 0 bridgehead atoms. The van der Waals surface area contributed by atoms with Gasteiger partial charge < -0.3 is 10.3 Å². The van der Waals surface area contributed by atoms with Crippen LogP contribution >= 0.6 is 11.3 Å². The van der Waals surface area contributed by atoms with Crippen LogP contribution in [0.15, 0.2) is 58.8 Å². The van der Waals surface area contributed by atoms with Crippen molar-refractivity contribution in [1.82, 2.24) is 9.97 Å². The Bertz CT molecular complexity index is 825. The van der Waals surface area contributed by atoms with Crippen molar-refractivity contribution in [2.75, 3.05) is 5.32 Å². The van der Waals surface area contributed by atoms with Crippen molar-refractivity contribution in [2.24, 2.45) is 0 Å². The minimum Gasteiger partial charge on any atom is -0.321 e. The summed E-state index contributed by atoms with van der Waals surface area (Å²) in [6.07, 6.45) is 1.74. The van der Waals surface area contributed by atoms with Crippen molar-refractivity contribution in [3.05, 3.63) is 70.1 Å². The van der Waals surface area contributed by atoms with Crippen LogP contribution in [0.2, 0.25) is 0 Å². The molecule has 0 atom stereocenters. The molecular formula is C15H11N3O2S. The van der Waals surface area contributed by atoms with Crippen LogP contribution in [0.25, 0.3) is 10.6 Å². The molecule has 2 aromatic heterocycles. The first kappa shape index (κ1) is 13.3. The lowest BCUT2D eigenvalue weighted by Gasteiger charge is -2.06. The summed E-state index contributed by atoms with van der Waals surface area (Å²) in [7, 11) is 0. The van der Waals surface area contributed by atoms with Gasteiger partial charge in [0.25, 0.3) is 5.91 Å². The molecule has 0 unspecified atom stereocenters. The summed E-state index contributed by atoms with van der Waals surface area (Å²) in [6, 6.07) is 11.9. The number of aromatic amines is 1. The second kappa shape index (κ2) is 5.72. The first-order valence-corrected chi connectivity index (χ1v) is 7.11. The van der Waals surface area contributed by atoms with E-state index >= 15 is 0 Å². The van der Waals surface area contributed by atoms with Crippen molar-refractivity contribution >= 4 is 22.9 Å². The minimum absolute atomic E-state index is 0.224. The van der Waals surface area contributed by atoms with E-state index in [-0.39, 0.29) is 17.2 Å². The van der Waals surface area contributed by atoms with Crippen LogP contribution in [0.4, 0.5) is 5.69 Å². The van der Waals surface area contributed by atoms with Gasteiger partial charge in [-0.1, -0.05) is 18.2 Å². The van der Waals surface area contributed by atoms with Crippen LogP contribution in [-0.4, -0.2) is 15.9 Å². The number of hydrogen-bond donors (Lipinski definition) is 2. The maximum atomic E-state index is 12.1. The summed E-state index contributed by atoms with van der Waals surface area (Å²) in [4.78, 5) is 30.0. The first-order valence-electron chi connectivity index (χ1n) is 6.23. The number of amides is 1. The van der Waals surface area contributed by atoms with Gasteiger partial charge in [-0.2, -0.15) is 0 Å². The van der Waals surface area contributed by atoms with Gasteiger partial charge in [0.2, 0.25) is 5.56 Å². The topological polar surface area (TPSA) is 74.8 Å². The lowest BCUT2D eigenvalue weighted by molar-refractivity contribution is 0.102. The van der Waals surface area contributed by atoms with E-state index in [1.54, 1.807) is 24.4 Å². The molecule has 0 fully saturated rings. The van der Waals surface area contributed by atoms with Crippen LogP contribution in [0.3, 0.4) is 0 Å². The number of pyridine rings is 1. The first-order chi connectivity index (χ1) is 10.2. The molecule has 0 radical (unpaired) electrons. The van der Waals surface area contributed by atoms with Crippen LogP contribution in [0.1, 0.15) is 10.5 Å². The van der Waals surface area contributed by atoms with Gasteiger partial charge in [0.1, 0.15) is 10.7 Å².